The Hall–Kier alpha value is -2.76. The van der Waals surface area contributed by atoms with Crippen molar-refractivity contribution in [3.63, 3.8) is 0 Å². The fraction of sp³-hybridized carbons (Fsp3) is 0.452. The molecule has 0 spiro atoms. The number of likely N-dealkylation sites (tertiary alicyclic amines) is 1. The Bertz CT molecular complexity index is 928. The third-order valence-corrected chi connectivity index (χ3v) is 6.52. The van der Waals surface area contributed by atoms with Gasteiger partial charge in [0.05, 0.1) is 5.83 Å². The van der Waals surface area contributed by atoms with Crippen molar-refractivity contribution in [2.24, 2.45) is 5.92 Å². The van der Waals surface area contributed by atoms with Crippen LogP contribution in [0.5, 0.6) is 0 Å². The van der Waals surface area contributed by atoms with Crippen LogP contribution in [0.15, 0.2) is 72.6 Å². The number of carbonyl (C=O) groups excluding carboxylic acids is 1. The predicted octanol–water partition coefficient (Wildman–Crippen LogP) is 6.88. The maximum Gasteiger partial charge on any atom is 0.214 e. The molecule has 196 valence electrons. The number of hydrogen-bond donors (Lipinski definition) is 0. The fourth-order valence-corrected chi connectivity index (χ4v) is 4.12. The van der Waals surface area contributed by atoms with Crippen LogP contribution in [0.25, 0.3) is 0 Å². The highest BCUT2D eigenvalue weighted by molar-refractivity contribution is 5.75. The minimum atomic E-state index is -0.0885. The number of benzene rings is 2. The molecule has 0 unspecified atom stereocenters. The van der Waals surface area contributed by atoms with Gasteiger partial charge in [0.1, 0.15) is 0 Å². The summed E-state index contributed by atoms with van der Waals surface area (Å²) in [5.41, 5.74) is 4.76. The zero-order valence-electron chi connectivity index (χ0n) is 22.5. The van der Waals surface area contributed by atoms with Crippen LogP contribution in [0.1, 0.15) is 49.8 Å². The SMILES string of the molecule is C/C=C(/F)C/C=C\Cc1ccc(CN2CCC(CN(C=O)c3ccc(C)cc3)CC2)cc1.CCOC. The van der Waals surface area contributed by atoms with E-state index in [0.29, 0.717) is 12.3 Å². The summed E-state index contributed by atoms with van der Waals surface area (Å²) in [4.78, 5) is 16.0. The summed E-state index contributed by atoms with van der Waals surface area (Å²) in [5.74, 6) is 0.452. The van der Waals surface area contributed by atoms with Gasteiger partial charge in [0, 0.05) is 38.9 Å². The Balaban J connectivity index is 0.00000106. The van der Waals surface area contributed by atoms with Crippen LogP contribution in [-0.2, 0) is 22.5 Å². The van der Waals surface area contributed by atoms with Crippen molar-refractivity contribution in [1.29, 1.82) is 0 Å². The Morgan fingerprint density at radius 1 is 1.06 bits per heavy atom. The number of piperidine rings is 1. The van der Waals surface area contributed by atoms with Crippen molar-refractivity contribution < 1.29 is 13.9 Å². The molecule has 5 heteroatoms. The highest BCUT2D eigenvalue weighted by Crippen LogP contribution is 2.23. The lowest BCUT2D eigenvalue weighted by molar-refractivity contribution is -0.107. The number of anilines is 1. The van der Waals surface area contributed by atoms with Crippen molar-refractivity contribution in [2.45, 2.75) is 53.0 Å². The molecule has 4 nitrogen and oxygen atoms in total. The first-order chi connectivity index (χ1) is 17.5. The van der Waals surface area contributed by atoms with E-state index in [2.05, 4.69) is 53.0 Å². The third kappa shape index (κ3) is 10.9. The van der Waals surface area contributed by atoms with Crippen LogP contribution in [0.2, 0.25) is 0 Å². The summed E-state index contributed by atoms with van der Waals surface area (Å²) < 4.78 is 17.7. The lowest BCUT2D eigenvalue weighted by Gasteiger charge is -2.34. The molecule has 0 aliphatic carbocycles. The van der Waals surface area contributed by atoms with E-state index >= 15 is 0 Å². The summed E-state index contributed by atoms with van der Waals surface area (Å²) in [6.07, 6.45) is 9.82. The normalized spacial score (nSPS) is 15.0. The second-order valence-corrected chi connectivity index (χ2v) is 9.32. The number of aryl methyl sites for hydroxylation is 1. The average Bonchev–Trinajstić information content (AvgIpc) is 2.92. The van der Waals surface area contributed by atoms with Gasteiger partial charge in [0.25, 0.3) is 0 Å². The van der Waals surface area contributed by atoms with Gasteiger partial charge in [-0.1, -0.05) is 60.2 Å². The topological polar surface area (TPSA) is 32.8 Å². The summed E-state index contributed by atoms with van der Waals surface area (Å²) in [6, 6.07) is 16.9. The number of amides is 1. The molecule has 1 amide bonds. The zero-order chi connectivity index (χ0) is 26.2. The van der Waals surface area contributed by atoms with E-state index in [0.717, 1.165) is 64.1 Å². The first-order valence-corrected chi connectivity index (χ1v) is 13.0. The van der Waals surface area contributed by atoms with Gasteiger partial charge in [0.15, 0.2) is 0 Å². The van der Waals surface area contributed by atoms with Gasteiger partial charge in [-0.2, -0.15) is 0 Å². The van der Waals surface area contributed by atoms with Crippen molar-refractivity contribution in [3.05, 3.63) is 89.3 Å². The summed E-state index contributed by atoms with van der Waals surface area (Å²) >= 11 is 0. The number of hydrogen-bond acceptors (Lipinski definition) is 3. The molecule has 0 radical (unpaired) electrons. The lowest BCUT2D eigenvalue weighted by atomic mass is 9.95. The van der Waals surface area contributed by atoms with E-state index in [1.54, 1.807) is 14.0 Å². The van der Waals surface area contributed by atoms with Crippen LogP contribution in [0, 0.1) is 12.8 Å². The monoisotopic (exact) mass is 494 g/mol. The van der Waals surface area contributed by atoms with Gasteiger partial charge in [-0.15, -0.1) is 0 Å². The van der Waals surface area contributed by atoms with Crippen LogP contribution < -0.4 is 4.90 Å². The smallest absolute Gasteiger partial charge is 0.214 e. The van der Waals surface area contributed by atoms with Gasteiger partial charge in [-0.25, -0.2) is 4.39 Å². The molecule has 1 aliphatic heterocycles. The Labute approximate surface area is 217 Å². The molecule has 1 fully saturated rings. The van der Waals surface area contributed by atoms with Crippen LogP contribution in [0.3, 0.4) is 0 Å². The zero-order valence-corrected chi connectivity index (χ0v) is 22.5. The average molecular weight is 495 g/mol. The highest BCUT2D eigenvalue weighted by Gasteiger charge is 2.21. The van der Waals surface area contributed by atoms with Gasteiger partial charge in [-0.05, 0) is 82.3 Å². The van der Waals surface area contributed by atoms with Crippen molar-refractivity contribution in [2.75, 3.05) is 38.3 Å². The number of carbonyl (C=O) groups is 1. The molecule has 0 aromatic heterocycles. The van der Waals surface area contributed by atoms with Crippen molar-refractivity contribution >= 4 is 12.1 Å². The summed E-state index contributed by atoms with van der Waals surface area (Å²) in [7, 11) is 1.68. The molecule has 1 aliphatic rings. The predicted molar refractivity (Wildman–Crippen MR) is 149 cm³/mol. The molecule has 0 atom stereocenters. The van der Waals surface area contributed by atoms with Crippen molar-refractivity contribution in [3.8, 4) is 0 Å². The minimum absolute atomic E-state index is 0.0885. The maximum atomic E-state index is 13.1. The molecular weight excluding hydrogens is 451 g/mol. The molecular formula is C31H43FN2O2. The number of methoxy groups -OCH3 is 1. The Morgan fingerprint density at radius 3 is 2.22 bits per heavy atom. The lowest BCUT2D eigenvalue weighted by Crippen LogP contribution is -2.38. The third-order valence-electron chi connectivity index (χ3n) is 6.52. The Kier molecular flexibility index (Phi) is 13.8. The molecule has 0 saturated carbocycles. The first kappa shape index (κ1) is 29.5. The molecule has 1 heterocycles. The number of nitrogens with zero attached hydrogens (tertiary/aromatic N) is 2. The number of ether oxygens (including phenoxy) is 1. The molecule has 3 rings (SSSR count). The number of allylic oxidation sites excluding steroid dienone is 4. The van der Waals surface area contributed by atoms with E-state index in [1.807, 2.05) is 36.1 Å². The molecule has 0 N–H and O–H groups in total. The van der Waals surface area contributed by atoms with Gasteiger partial charge >= 0.3 is 0 Å². The van der Waals surface area contributed by atoms with E-state index in [-0.39, 0.29) is 5.83 Å². The van der Waals surface area contributed by atoms with E-state index in [9.17, 15) is 9.18 Å². The summed E-state index contributed by atoms with van der Waals surface area (Å²) in [5, 5.41) is 0. The molecule has 36 heavy (non-hydrogen) atoms. The van der Waals surface area contributed by atoms with Crippen LogP contribution >= 0.6 is 0 Å². The van der Waals surface area contributed by atoms with Crippen LogP contribution in [0.4, 0.5) is 10.1 Å². The second kappa shape index (κ2) is 16.8. The van der Waals surface area contributed by atoms with Gasteiger partial charge in [-0.3, -0.25) is 9.69 Å². The molecule has 2 aromatic rings. The largest absolute Gasteiger partial charge is 0.385 e. The van der Waals surface area contributed by atoms with Gasteiger partial charge in [0.2, 0.25) is 6.41 Å². The fourth-order valence-electron chi connectivity index (χ4n) is 4.12. The standard InChI is InChI=1S/C28H35FN2O.C3H8O/c1-3-27(29)7-5-4-6-24-10-12-25(13-11-24)20-30-18-16-26(17-19-30)21-31(22-32)28-14-8-23(2)9-15-28;1-3-4-2/h3-5,8-15,22,26H,6-7,16-21H2,1-2H3;3H2,1-2H3/b5-4-,27-3+;. The quantitative estimate of drug-likeness (QED) is 0.252. The minimum Gasteiger partial charge on any atom is -0.385 e. The maximum absolute atomic E-state index is 13.1. The molecule has 0 bridgehead atoms. The number of rotatable bonds is 11. The number of halogens is 1. The van der Waals surface area contributed by atoms with E-state index in [1.165, 1.54) is 22.8 Å². The highest BCUT2D eigenvalue weighted by atomic mass is 19.1. The Morgan fingerprint density at radius 2 is 1.67 bits per heavy atom. The first-order valence-electron chi connectivity index (χ1n) is 13.0. The van der Waals surface area contributed by atoms with Crippen LogP contribution in [-0.4, -0.2) is 44.7 Å². The molecule has 2 aromatic carbocycles. The van der Waals surface area contributed by atoms with Gasteiger partial charge < -0.3 is 9.64 Å². The molecule has 1 saturated heterocycles. The summed E-state index contributed by atoms with van der Waals surface area (Å²) in [6.45, 7) is 10.4. The van der Waals surface area contributed by atoms with E-state index < -0.39 is 0 Å². The second-order valence-electron chi connectivity index (χ2n) is 9.32. The van der Waals surface area contributed by atoms with Crippen molar-refractivity contribution in [1.82, 2.24) is 4.90 Å². The van der Waals surface area contributed by atoms with E-state index in [4.69, 9.17) is 0 Å².